The van der Waals surface area contributed by atoms with Crippen LogP contribution in [0.5, 0.6) is 0 Å². The Hall–Kier alpha value is -1.48. The smallest absolute Gasteiger partial charge is 0.475 e. The molecule has 0 saturated carbocycles. The molecule has 0 bridgehead atoms. The van der Waals surface area contributed by atoms with Crippen molar-refractivity contribution < 1.29 is 27.9 Å². The summed E-state index contributed by atoms with van der Waals surface area (Å²) in [4.78, 5) is 21.0. The number of amides is 1. The van der Waals surface area contributed by atoms with Gasteiger partial charge in [0, 0.05) is 10.9 Å². The number of hydrogen-bond acceptors (Lipinski definition) is 4. The zero-order valence-electron chi connectivity index (χ0n) is 9.48. The van der Waals surface area contributed by atoms with Crippen LogP contribution in [0.2, 0.25) is 0 Å². The van der Waals surface area contributed by atoms with Gasteiger partial charge in [0.15, 0.2) is 0 Å². The van der Waals surface area contributed by atoms with Crippen molar-refractivity contribution in [2.24, 2.45) is 5.73 Å². The molecule has 0 aromatic rings. The summed E-state index contributed by atoms with van der Waals surface area (Å²) >= 11 is 1.53. The summed E-state index contributed by atoms with van der Waals surface area (Å²) in [6, 6.07) is 0.317. The molecule has 0 radical (unpaired) electrons. The Kier molecular flexibility index (Phi) is 5.01. The highest BCUT2D eigenvalue weighted by molar-refractivity contribution is 8.04. The van der Waals surface area contributed by atoms with Crippen molar-refractivity contribution in [2.45, 2.75) is 24.0 Å². The zero-order valence-corrected chi connectivity index (χ0v) is 10.3. The lowest BCUT2D eigenvalue weighted by Gasteiger charge is -2.11. The number of nitrogens with two attached hydrogens (primary N) is 1. The van der Waals surface area contributed by atoms with Crippen LogP contribution in [0.1, 0.15) is 6.42 Å². The van der Waals surface area contributed by atoms with E-state index in [9.17, 15) is 18.0 Å². The van der Waals surface area contributed by atoms with Gasteiger partial charge in [0.05, 0.1) is 0 Å². The lowest BCUT2D eigenvalue weighted by molar-refractivity contribution is -0.192. The fraction of sp³-hybridized carbons (Fsp3) is 0.400. The second-order valence-corrected chi connectivity index (χ2v) is 4.83. The summed E-state index contributed by atoms with van der Waals surface area (Å²) in [5, 5.41) is 10.1. The van der Waals surface area contributed by atoms with Gasteiger partial charge in [0.1, 0.15) is 5.37 Å². The van der Waals surface area contributed by atoms with Crippen LogP contribution in [0.25, 0.3) is 0 Å². The van der Waals surface area contributed by atoms with Gasteiger partial charge in [-0.2, -0.15) is 13.2 Å². The van der Waals surface area contributed by atoms with Gasteiger partial charge in [-0.1, -0.05) is 30.0 Å². The summed E-state index contributed by atoms with van der Waals surface area (Å²) in [6.07, 6.45) is 2.02. The van der Waals surface area contributed by atoms with E-state index in [-0.39, 0.29) is 11.3 Å². The first kappa shape index (κ1) is 15.6. The minimum absolute atomic E-state index is 0.235. The van der Waals surface area contributed by atoms with Crippen molar-refractivity contribution in [2.75, 3.05) is 0 Å². The van der Waals surface area contributed by atoms with Gasteiger partial charge in [0.25, 0.3) is 0 Å². The van der Waals surface area contributed by atoms with Crippen LogP contribution in [0.15, 0.2) is 23.1 Å². The van der Waals surface area contributed by atoms with E-state index in [1.807, 2.05) is 12.2 Å². The average molecular weight is 296 g/mol. The predicted octanol–water partition coefficient (Wildman–Crippen LogP) is 0.980. The van der Waals surface area contributed by atoms with Crippen molar-refractivity contribution >= 4 is 23.6 Å². The standard InChI is InChI=1S/C8H10N2OS.C2HF3O2/c9-7(11)8-10-5-3-1-2-4-6(5)12-8;3-2(4,5)1(6)7/h1-2,4-5,8,10H,3H2,(H2,9,11);(H,6,7). The normalized spacial score (nSPS) is 24.9. The van der Waals surface area contributed by atoms with Crippen molar-refractivity contribution in [3.63, 3.8) is 0 Å². The molecular weight excluding hydrogens is 285 g/mol. The Labute approximate surface area is 110 Å². The van der Waals surface area contributed by atoms with Gasteiger partial charge in [-0.3, -0.25) is 10.1 Å². The number of carbonyl (C=O) groups is 2. The van der Waals surface area contributed by atoms with Crippen LogP contribution >= 0.6 is 11.8 Å². The van der Waals surface area contributed by atoms with Crippen LogP contribution in [0.3, 0.4) is 0 Å². The van der Waals surface area contributed by atoms with Gasteiger partial charge in [0.2, 0.25) is 5.91 Å². The van der Waals surface area contributed by atoms with Crippen LogP contribution < -0.4 is 11.1 Å². The van der Waals surface area contributed by atoms with Gasteiger partial charge in [-0.25, -0.2) is 4.79 Å². The number of fused-ring (bicyclic) bond motifs is 1. The molecule has 1 heterocycles. The number of primary amides is 1. The molecule has 0 aromatic carbocycles. The highest BCUT2D eigenvalue weighted by atomic mass is 32.2. The monoisotopic (exact) mass is 296 g/mol. The topological polar surface area (TPSA) is 92.4 Å². The van der Waals surface area contributed by atoms with Crippen LogP contribution in [-0.2, 0) is 9.59 Å². The molecule has 2 unspecified atom stereocenters. The van der Waals surface area contributed by atoms with Gasteiger partial charge < -0.3 is 10.8 Å². The quantitative estimate of drug-likeness (QED) is 0.671. The van der Waals surface area contributed by atoms with E-state index in [1.54, 1.807) is 0 Å². The van der Waals surface area contributed by atoms with Gasteiger partial charge in [-0.15, -0.1) is 0 Å². The maximum atomic E-state index is 10.8. The third-order valence-electron chi connectivity index (χ3n) is 2.22. The number of halogens is 3. The Bertz CT molecular complexity index is 434. The molecule has 1 aliphatic heterocycles. The van der Waals surface area contributed by atoms with Crippen molar-refractivity contribution in [3.05, 3.63) is 23.1 Å². The van der Waals surface area contributed by atoms with E-state index >= 15 is 0 Å². The number of rotatable bonds is 1. The molecule has 1 saturated heterocycles. The molecule has 0 aromatic heterocycles. The van der Waals surface area contributed by atoms with E-state index in [4.69, 9.17) is 15.6 Å². The van der Waals surface area contributed by atoms with Crippen LogP contribution in [-0.4, -0.2) is 34.6 Å². The molecule has 1 amide bonds. The fourth-order valence-corrected chi connectivity index (χ4v) is 2.48. The second-order valence-electron chi connectivity index (χ2n) is 3.66. The Morgan fingerprint density at radius 3 is 2.47 bits per heavy atom. The largest absolute Gasteiger partial charge is 0.490 e. The minimum atomic E-state index is -5.08. The summed E-state index contributed by atoms with van der Waals surface area (Å²) in [5.74, 6) is -3.04. The number of aliphatic carboxylic acids is 1. The number of carboxylic acids is 1. The van der Waals surface area contributed by atoms with Crippen molar-refractivity contribution in [1.82, 2.24) is 5.32 Å². The number of alkyl halides is 3. The van der Waals surface area contributed by atoms with E-state index in [0.29, 0.717) is 6.04 Å². The van der Waals surface area contributed by atoms with Gasteiger partial charge >= 0.3 is 12.1 Å². The Balaban J connectivity index is 0.000000224. The molecule has 19 heavy (non-hydrogen) atoms. The molecule has 9 heteroatoms. The molecule has 5 nitrogen and oxygen atoms in total. The number of nitrogens with one attached hydrogen (secondary N) is 1. The van der Waals surface area contributed by atoms with E-state index < -0.39 is 12.1 Å². The number of hydrogen-bond donors (Lipinski definition) is 3. The number of carboxylic acid groups (broad SMARTS) is 1. The first-order chi connectivity index (χ1) is 8.71. The number of thioether (sulfide) groups is 1. The lowest BCUT2D eigenvalue weighted by Crippen LogP contribution is -2.38. The number of allylic oxidation sites excluding steroid dienone is 2. The zero-order chi connectivity index (χ0) is 14.6. The predicted molar refractivity (Wildman–Crippen MR) is 63.0 cm³/mol. The molecule has 2 aliphatic rings. The van der Waals surface area contributed by atoms with Crippen molar-refractivity contribution in [1.29, 1.82) is 0 Å². The number of carbonyl (C=O) groups excluding carboxylic acids is 1. The molecule has 4 N–H and O–H groups in total. The molecule has 106 valence electrons. The Morgan fingerprint density at radius 1 is 1.47 bits per heavy atom. The minimum Gasteiger partial charge on any atom is -0.475 e. The molecular formula is C10H11F3N2O3S. The summed E-state index contributed by atoms with van der Waals surface area (Å²) in [5.41, 5.74) is 5.18. The van der Waals surface area contributed by atoms with E-state index in [0.717, 1.165) is 6.42 Å². The van der Waals surface area contributed by atoms with E-state index in [1.165, 1.54) is 16.7 Å². The molecule has 1 fully saturated rings. The third-order valence-corrected chi connectivity index (χ3v) is 3.52. The Morgan fingerprint density at radius 2 is 2.05 bits per heavy atom. The molecule has 0 spiro atoms. The summed E-state index contributed by atoms with van der Waals surface area (Å²) in [7, 11) is 0. The highest BCUT2D eigenvalue weighted by Crippen LogP contribution is 2.34. The lowest BCUT2D eigenvalue weighted by atomic mass is 10.1. The third kappa shape index (κ3) is 4.60. The van der Waals surface area contributed by atoms with Gasteiger partial charge in [-0.05, 0) is 6.42 Å². The average Bonchev–Trinajstić information content (AvgIpc) is 2.72. The maximum Gasteiger partial charge on any atom is 0.490 e. The second kappa shape index (κ2) is 6.11. The molecule has 2 rings (SSSR count). The van der Waals surface area contributed by atoms with Crippen molar-refractivity contribution in [3.8, 4) is 0 Å². The van der Waals surface area contributed by atoms with Crippen LogP contribution in [0, 0.1) is 0 Å². The first-order valence-electron chi connectivity index (χ1n) is 5.10. The SMILES string of the molecule is NC(=O)C1NC2CC=CC=C2S1.O=C(O)C(F)(F)F. The fourth-order valence-electron chi connectivity index (χ4n) is 1.37. The first-order valence-corrected chi connectivity index (χ1v) is 5.98. The van der Waals surface area contributed by atoms with Crippen LogP contribution in [0.4, 0.5) is 13.2 Å². The summed E-state index contributed by atoms with van der Waals surface area (Å²) < 4.78 is 31.7. The molecule has 2 atom stereocenters. The van der Waals surface area contributed by atoms with E-state index in [2.05, 4.69) is 11.4 Å². The highest BCUT2D eigenvalue weighted by Gasteiger charge is 2.38. The summed E-state index contributed by atoms with van der Waals surface area (Å²) in [6.45, 7) is 0. The maximum absolute atomic E-state index is 10.8. The molecule has 1 aliphatic carbocycles.